The number of rotatable bonds is 4. The largest absolute Gasteiger partial charge is 0.497 e. The van der Waals surface area contributed by atoms with Gasteiger partial charge in [-0.05, 0) is 31.0 Å². The van der Waals surface area contributed by atoms with Crippen LogP contribution in [0.25, 0.3) is 0 Å². The number of benzene rings is 1. The number of amides is 1. The Morgan fingerprint density at radius 3 is 3.05 bits per heavy atom. The van der Waals surface area contributed by atoms with Crippen molar-refractivity contribution < 1.29 is 9.53 Å². The van der Waals surface area contributed by atoms with Crippen molar-refractivity contribution in [2.24, 2.45) is 0 Å². The Labute approximate surface area is 115 Å². The van der Waals surface area contributed by atoms with Crippen LogP contribution in [-0.4, -0.2) is 18.0 Å². The molecule has 0 unspecified atom stereocenters. The lowest BCUT2D eigenvalue weighted by molar-refractivity contribution is 0.102. The van der Waals surface area contributed by atoms with E-state index >= 15 is 0 Å². The number of hydrogen-bond donors (Lipinski definition) is 1. The molecule has 1 aromatic heterocycles. The summed E-state index contributed by atoms with van der Waals surface area (Å²) in [7, 11) is 1.58. The first-order valence-corrected chi connectivity index (χ1v) is 7.05. The van der Waals surface area contributed by atoms with Crippen LogP contribution in [-0.2, 0) is 0 Å². The second-order valence-corrected chi connectivity index (χ2v) is 5.40. The Bertz CT molecular complexity index is 605. The van der Waals surface area contributed by atoms with Crippen LogP contribution < -0.4 is 10.1 Å². The first-order valence-electron chi connectivity index (χ1n) is 6.17. The molecule has 1 aromatic carbocycles. The van der Waals surface area contributed by atoms with Gasteiger partial charge in [-0.25, -0.2) is 4.98 Å². The van der Waals surface area contributed by atoms with E-state index in [1.165, 1.54) is 24.2 Å². The van der Waals surface area contributed by atoms with Gasteiger partial charge in [0.05, 0.1) is 12.8 Å². The van der Waals surface area contributed by atoms with E-state index in [1.807, 2.05) is 11.4 Å². The van der Waals surface area contributed by atoms with Gasteiger partial charge in [0, 0.05) is 16.9 Å². The van der Waals surface area contributed by atoms with Crippen LogP contribution in [0.1, 0.15) is 34.8 Å². The molecule has 1 N–H and O–H groups in total. The molecule has 19 heavy (non-hydrogen) atoms. The predicted octanol–water partition coefficient (Wildman–Crippen LogP) is 3.28. The Kier molecular flexibility index (Phi) is 3.21. The van der Waals surface area contributed by atoms with Crippen LogP contribution >= 0.6 is 11.3 Å². The van der Waals surface area contributed by atoms with Gasteiger partial charge in [0.15, 0.2) is 5.13 Å². The number of methoxy groups -OCH3 is 1. The molecule has 98 valence electrons. The van der Waals surface area contributed by atoms with Crippen molar-refractivity contribution in [3.05, 3.63) is 40.9 Å². The van der Waals surface area contributed by atoms with E-state index in [-0.39, 0.29) is 5.91 Å². The zero-order valence-electron chi connectivity index (χ0n) is 10.6. The Morgan fingerprint density at radius 2 is 2.32 bits per heavy atom. The molecule has 0 atom stereocenters. The van der Waals surface area contributed by atoms with Crippen LogP contribution in [0.4, 0.5) is 5.13 Å². The number of nitrogens with one attached hydrogen (secondary N) is 1. The zero-order chi connectivity index (χ0) is 13.2. The van der Waals surface area contributed by atoms with E-state index in [0.29, 0.717) is 22.4 Å². The number of hydrogen-bond acceptors (Lipinski definition) is 4. The summed E-state index contributed by atoms with van der Waals surface area (Å²) in [4.78, 5) is 16.5. The molecule has 0 saturated heterocycles. The minimum absolute atomic E-state index is 0.157. The smallest absolute Gasteiger partial charge is 0.257 e. The maximum Gasteiger partial charge on any atom is 0.257 e. The lowest BCUT2D eigenvalue weighted by Crippen LogP contribution is -2.11. The highest BCUT2D eigenvalue weighted by molar-refractivity contribution is 7.14. The predicted molar refractivity (Wildman–Crippen MR) is 75.0 cm³/mol. The minimum Gasteiger partial charge on any atom is -0.497 e. The van der Waals surface area contributed by atoms with E-state index in [4.69, 9.17) is 4.74 Å². The number of ether oxygens (including phenoxy) is 1. The fourth-order valence-electron chi connectivity index (χ4n) is 1.84. The quantitative estimate of drug-likeness (QED) is 0.930. The molecule has 1 saturated carbocycles. The van der Waals surface area contributed by atoms with Gasteiger partial charge in [0.25, 0.3) is 5.91 Å². The van der Waals surface area contributed by atoms with E-state index < -0.39 is 0 Å². The average molecular weight is 274 g/mol. The van der Waals surface area contributed by atoms with E-state index in [2.05, 4.69) is 10.3 Å². The van der Waals surface area contributed by atoms with Gasteiger partial charge in [0.2, 0.25) is 0 Å². The number of nitrogens with zero attached hydrogens (tertiary/aromatic N) is 1. The van der Waals surface area contributed by atoms with Crippen molar-refractivity contribution in [1.29, 1.82) is 0 Å². The lowest BCUT2D eigenvalue weighted by Gasteiger charge is -2.04. The normalized spacial score (nSPS) is 14.2. The third-order valence-electron chi connectivity index (χ3n) is 3.07. The molecule has 1 aliphatic rings. The molecule has 1 fully saturated rings. The van der Waals surface area contributed by atoms with Crippen molar-refractivity contribution >= 4 is 22.4 Å². The number of thiazole rings is 1. The fourth-order valence-corrected chi connectivity index (χ4v) is 2.63. The van der Waals surface area contributed by atoms with Crippen LogP contribution in [0.15, 0.2) is 29.6 Å². The van der Waals surface area contributed by atoms with Gasteiger partial charge in [-0.1, -0.05) is 6.07 Å². The number of carbonyl (C=O) groups is 1. The van der Waals surface area contributed by atoms with Crippen LogP contribution in [0, 0.1) is 0 Å². The second kappa shape index (κ2) is 5.01. The molecular weight excluding hydrogens is 260 g/mol. The molecule has 1 amide bonds. The minimum atomic E-state index is -0.157. The van der Waals surface area contributed by atoms with Crippen molar-refractivity contribution in [2.75, 3.05) is 12.4 Å². The first kappa shape index (κ1) is 12.2. The Hall–Kier alpha value is -1.88. The van der Waals surface area contributed by atoms with E-state index in [1.54, 1.807) is 25.3 Å². The third-order valence-corrected chi connectivity index (χ3v) is 3.85. The Balaban J connectivity index is 1.72. The maximum absolute atomic E-state index is 12.1. The highest BCUT2D eigenvalue weighted by atomic mass is 32.1. The number of aromatic nitrogens is 1. The summed E-state index contributed by atoms with van der Waals surface area (Å²) in [5.74, 6) is 1.12. The molecule has 0 radical (unpaired) electrons. The highest BCUT2D eigenvalue weighted by Crippen LogP contribution is 2.40. The van der Waals surface area contributed by atoms with Crippen molar-refractivity contribution in [3.63, 3.8) is 0 Å². The van der Waals surface area contributed by atoms with Gasteiger partial charge in [-0.15, -0.1) is 11.3 Å². The SMILES string of the molecule is COc1cccc(C(=O)Nc2nc(C3CC3)cs2)c1. The van der Waals surface area contributed by atoms with Crippen LogP contribution in [0.3, 0.4) is 0 Å². The standard InChI is InChI=1S/C14H14N2O2S/c1-18-11-4-2-3-10(7-11)13(17)16-14-15-12(8-19-14)9-5-6-9/h2-4,7-9H,5-6H2,1H3,(H,15,16,17). The van der Waals surface area contributed by atoms with Crippen molar-refractivity contribution in [3.8, 4) is 5.75 Å². The van der Waals surface area contributed by atoms with Gasteiger partial charge >= 0.3 is 0 Å². The summed E-state index contributed by atoms with van der Waals surface area (Å²) in [5, 5.41) is 5.51. The van der Waals surface area contributed by atoms with Gasteiger partial charge < -0.3 is 4.74 Å². The molecular formula is C14H14N2O2S. The summed E-state index contributed by atoms with van der Waals surface area (Å²) < 4.78 is 5.11. The third kappa shape index (κ3) is 2.76. The molecule has 1 aliphatic carbocycles. The molecule has 0 aliphatic heterocycles. The van der Waals surface area contributed by atoms with Crippen molar-refractivity contribution in [2.45, 2.75) is 18.8 Å². The summed E-state index contributed by atoms with van der Waals surface area (Å²) in [6, 6.07) is 7.08. The zero-order valence-corrected chi connectivity index (χ0v) is 11.4. The van der Waals surface area contributed by atoms with Gasteiger partial charge in [-0.3, -0.25) is 10.1 Å². The first-order chi connectivity index (χ1) is 9.26. The van der Waals surface area contributed by atoms with Crippen LogP contribution in [0.2, 0.25) is 0 Å². The van der Waals surface area contributed by atoms with Crippen LogP contribution in [0.5, 0.6) is 5.75 Å². The molecule has 2 aromatic rings. The highest BCUT2D eigenvalue weighted by Gasteiger charge is 2.26. The molecule has 0 spiro atoms. The molecule has 5 heteroatoms. The summed E-state index contributed by atoms with van der Waals surface area (Å²) in [5.41, 5.74) is 1.67. The number of anilines is 1. The van der Waals surface area contributed by atoms with Crippen molar-refractivity contribution in [1.82, 2.24) is 4.98 Å². The molecule has 0 bridgehead atoms. The monoisotopic (exact) mass is 274 g/mol. The molecule has 4 nitrogen and oxygen atoms in total. The molecule has 3 rings (SSSR count). The molecule has 1 heterocycles. The van der Waals surface area contributed by atoms with Gasteiger partial charge in [-0.2, -0.15) is 0 Å². The van der Waals surface area contributed by atoms with E-state index in [0.717, 1.165) is 5.69 Å². The summed E-state index contributed by atoms with van der Waals surface area (Å²) in [6.45, 7) is 0. The average Bonchev–Trinajstić information content (AvgIpc) is 3.19. The lowest BCUT2D eigenvalue weighted by atomic mass is 10.2. The topological polar surface area (TPSA) is 51.2 Å². The summed E-state index contributed by atoms with van der Waals surface area (Å²) >= 11 is 1.48. The Morgan fingerprint density at radius 1 is 1.47 bits per heavy atom. The number of carbonyl (C=O) groups excluding carboxylic acids is 1. The second-order valence-electron chi connectivity index (χ2n) is 4.54. The van der Waals surface area contributed by atoms with Gasteiger partial charge in [0.1, 0.15) is 5.75 Å². The maximum atomic E-state index is 12.1. The van der Waals surface area contributed by atoms with E-state index in [9.17, 15) is 4.79 Å². The summed E-state index contributed by atoms with van der Waals surface area (Å²) in [6.07, 6.45) is 2.43. The fraction of sp³-hybridized carbons (Fsp3) is 0.286.